The lowest BCUT2D eigenvalue weighted by Crippen LogP contribution is -2.39. The lowest BCUT2D eigenvalue weighted by Gasteiger charge is -2.26. The molecule has 0 radical (unpaired) electrons. The van der Waals surface area contributed by atoms with Gasteiger partial charge in [0.15, 0.2) is 0 Å². The molecule has 1 fully saturated rings. The minimum Gasteiger partial charge on any atom is -0.378 e. The molecule has 10 nitrogen and oxygen atoms in total. The standard InChI is InChI=1S/C31H35N7O3/c1-20-9-7-12-24-28(20)30(40)38(23-10-5-4-6-11-23)25(35-24)13-8-14-33-29-27(22(3)34-31(32)36-29)21(2)19-26(39)37-15-17-41-18-16-37/h4-7,9-12,19H,8,13-18H2,1-3H3,(H3,32,33,34,36)/b21-19-. The van der Waals surface area contributed by atoms with Gasteiger partial charge in [-0.25, -0.2) is 9.97 Å². The van der Waals surface area contributed by atoms with E-state index in [1.807, 2.05) is 69.3 Å². The number of nitrogens with zero attached hydrogens (tertiary/aromatic N) is 5. The highest BCUT2D eigenvalue weighted by atomic mass is 16.5. The van der Waals surface area contributed by atoms with E-state index in [2.05, 4.69) is 15.3 Å². The first-order valence-corrected chi connectivity index (χ1v) is 13.8. The Bertz CT molecular complexity index is 1660. The smallest absolute Gasteiger partial charge is 0.266 e. The number of nitrogens with one attached hydrogen (secondary N) is 1. The van der Waals surface area contributed by atoms with Gasteiger partial charge >= 0.3 is 0 Å². The van der Waals surface area contributed by atoms with Crippen LogP contribution in [0.2, 0.25) is 0 Å². The van der Waals surface area contributed by atoms with E-state index < -0.39 is 0 Å². The van der Waals surface area contributed by atoms with Gasteiger partial charge in [0.25, 0.3) is 5.56 Å². The van der Waals surface area contributed by atoms with Crippen molar-refractivity contribution < 1.29 is 9.53 Å². The lowest BCUT2D eigenvalue weighted by molar-refractivity contribution is -0.129. The molecule has 1 saturated heterocycles. The predicted octanol–water partition coefficient (Wildman–Crippen LogP) is 3.68. The van der Waals surface area contributed by atoms with Crippen molar-refractivity contribution in [1.29, 1.82) is 0 Å². The maximum absolute atomic E-state index is 13.7. The number of carbonyl (C=O) groups excluding carboxylic acids is 1. The first kappa shape index (κ1) is 28.0. The molecule has 0 spiro atoms. The molecule has 3 N–H and O–H groups in total. The fourth-order valence-corrected chi connectivity index (χ4v) is 5.23. The van der Waals surface area contributed by atoms with Gasteiger partial charge in [-0.3, -0.25) is 14.2 Å². The van der Waals surface area contributed by atoms with Crippen molar-refractivity contribution in [2.45, 2.75) is 33.6 Å². The minimum atomic E-state index is -0.0746. The summed E-state index contributed by atoms with van der Waals surface area (Å²) in [6.07, 6.45) is 2.85. The predicted molar refractivity (Wildman–Crippen MR) is 161 cm³/mol. The van der Waals surface area contributed by atoms with Crippen LogP contribution in [0.5, 0.6) is 0 Å². The average Bonchev–Trinajstić information content (AvgIpc) is 2.96. The fraction of sp³-hybridized carbons (Fsp3) is 0.323. The van der Waals surface area contributed by atoms with Crippen molar-refractivity contribution in [3.8, 4) is 5.69 Å². The highest BCUT2D eigenvalue weighted by Crippen LogP contribution is 2.26. The van der Waals surface area contributed by atoms with Crippen LogP contribution in [-0.2, 0) is 16.0 Å². The number of ether oxygens (including phenoxy) is 1. The number of hydrogen-bond acceptors (Lipinski definition) is 8. The molecule has 2 aromatic carbocycles. The van der Waals surface area contributed by atoms with Crippen molar-refractivity contribution in [3.05, 3.63) is 87.6 Å². The van der Waals surface area contributed by atoms with Crippen molar-refractivity contribution in [1.82, 2.24) is 24.4 Å². The monoisotopic (exact) mass is 553 g/mol. The van der Waals surface area contributed by atoms with E-state index in [0.717, 1.165) is 22.4 Å². The molecule has 1 amide bonds. The molecule has 0 aliphatic carbocycles. The Kier molecular flexibility index (Phi) is 8.39. The normalized spacial score (nSPS) is 13.9. The Hall–Kier alpha value is -4.57. The first-order chi connectivity index (χ1) is 19.8. The second kappa shape index (κ2) is 12.3. The Labute approximate surface area is 238 Å². The molecule has 41 heavy (non-hydrogen) atoms. The number of rotatable bonds is 8. The Morgan fingerprint density at radius 2 is 1.80 bits per heavy atom. The van der Waals surface area contributed by atoms with Gasteiger partial charge in [-0.2, -0.15) is 4.98 Å². The van der Waals surface area contributed by atoms with Crippen LogP contribution in [-0.4, -0.2) is 63.2 Å². The molecular weight excluding hydrogens is 518 g/mol. The third kappa shape index (κ3) is 6.12. The number of aryl methyl sites for hydroxylation is 3. The van der Waals surface area contributed by atoms with E-state index >= 15 is 0 Å². The summed E-state index contributed by atoms with van der Waals surface area (Å²) in [5.41, 5.74) is 10.5. The second-order valence-corrected chi connectivity index (χ2v) is 10.2. The zero-order valence-corrected chi connectivity index (χ0v) is 23.7. The highest BCUT2D eigenvalue weighted by Gasteiger charge is 2.19. The van der Waals surface area contributed by atoms with Gasteiger partial charge in [0.1, 0.15) is 11.6 Å². The summed E-state index contributed by atoms with van der Waals surface area (Å²) < 4.78 is 7.07. The molecule has 3 heterocycles. The summed E-state index contributed by atoms with van der Waals surface area (Å²) in [6, 6.07) is 15.3. The highest BCUT2D eigenvalue weighted by molar-refractivity contribution is 5.96. The molecule has 1 aliphatic rings. The zero-order chi connectivity index (χ0) is 28.9. The summed E-state index contributed by atoms with van der Waals surface area (Å²) in [5.74, 6) is 1.35. The molecule has 1 aliphatic heterocycles. The number of para-hydroxylation sites is 1. The van der Waals surface area contributed by atoms with E-state index in [9.17, 15) is 9.59 Å². The zero-order valence-electron chi connectivity index (χ0n) is 23.7. The molecule has 10 heteroatoms. The maximum Gasteiger partial charge on any atom is 0.266 e. The number of hydrogen-bond donors (Lipinski definition) is 2. The summed E-state index contributed by atoms with van der Waals surface area (Å²) in [7, 11) is 0. The van der Waals surface area contributed by atoms with Gasteiger partial charge < -0.3 is 20.7 Å². The number of benzene rings is 2. The van der Waals surface area contributed by atoms with Gasteiger partial charge in [0.05, 0.1) is 35.5 Å². The number of carbonyl (C=O) groups is 1. The van der Waals surface area contributed by atoms with E-state index in [1.165, 1.54) is 0 Å². The largest absolute Gasteiger partial charge is 0.378 e. The van der Waals surface area contributed by atoms with Crippen LogP contribution in [0.1, 0.15) is 36.0 Å². The van der Waals surface area contributed by atoms with Crippen LogP contribution in [0.3, 0.4) is 0 Å². The van der Waals surface area contributed by atoms with Gasteiger partial charge in [-0.1, -0.05) is 30.3 Å². The van der Waals surface area contributed by atoms with Crippen LogP contribution >= 0.6 is 0 Å². The lowest BCUT2D eigenvalue weighted by atomic mass is 10.1. The molecule has 2 aromatic heterocycles. The molecule has 5 rings (SSSR count). The van der Waals surface area contributed by atoms with Crippen molar-refractivity contribution >= 4 is 34.1 Å². The Morgan fingerprint density at radius 3 is 2.56 bits per heavy atom. The average molecular weight is 554 g/mol. The van der Waals surface area contributed by atoms with E-state index in [1.54, 1.807) is 15.5 Å². The molecule has 0 unspecified atom stereocenters. The minimum absolute atomic E-state index is 0.0653. The molecule has 4 aromatic rings. The van der Waals surface area contributed by atoms with Crippen molar-refractivity contribution in [3.63, 3.8) is 0 Å². The van der Waals surface area contributed by atoms with Crippen LogP contribution in [0, 0.1) is 13.8 Å². The summed E-state index contributed by atoms with van der Waals surface area (Å²) >= 11 is 0. The molecule has 212 valence electrons. The van der Waals surface area contributed by atoms with Gasteiger partial charge in [0.2, 0.25) is 11.9 Å². The molecule has 0 atom stereocenters. The number of anilines is 2. The van der Waals surface area contributed by atoms with Gasteiger partial charge in [-0.15, -0.1) is 0 Å². The van der Waals surface area contributed by atoms with Gasteiger partial charge in [-0.05, 0) is 56.5 Å². The topological polar surface area (TPSA) is 128 Å². The van der Waals surface area contributed by atoms with Gasteiger partial charge in [0, 0.05) is 37.7 Å². The fourth-order valence-electron chi connectivity index (χ4n) is 5.23. The Morgan fingerprint density at radius 1 is 1.05 bits per heavy atom. The third-order valence-corrected chi connectivity index (χ3v) is 7.22. The SMILES string of the molecule is C/C(=C/C(=O)N1CCOCC1)c1c(C)nc(N)nc1NCCCc1nc2cccc(C)c2c(=O)n1-c1ccccc1. The third-order valence-electron chi connectivity index (χ3n) is 7.22. The number of nitrogens with two attached hydrogens (primary N) is 1. The van der Waals surface area contributed by atoms with Crippen LogP contribution in [0.25, 0.3) is 22.2 Å². The molecular formula is C31H35N7O3. The number of fused-ring (bicyclic) bond motifs is 1. The Balaban J connectivity index is 1.38. The summed E-state index contributed by atoms with van der Waals surface area (Å²) in [4.78, 5) is 42.0. The van der Waals surface area contributed by atoms with Crippen molar-refractivity contribution in [2.24, 2.45) is 0 Å². The van der Waals surface area contributed by atoms with Crippen LogP contribution in [0.15, 0.2) is 59.4 Å². The van der Waals surface area contributed by atoms with E-state index in [0.29, 0.717) is 73.9 Å². The first-order valence-electron chi connectivity index (χ1n) is 13.8. The van der Waals surface area contributed by atoms with E-state index in [-0.39, 0.29) is 17.4 Å². The van der Waals surface area contributed by atoms with Crippen molar-refractivity contribution in [2.75, 3.05) is 43.9 Å². The quantitative estimate of drug-likeness (QED) is 0.250. The molecule has 0 saturated carbocycles. The number of aromatic nitrogens is 4. The van der Waals surface area contributed by atoms with Crippen LogP contribution in [0.4, 0.5) is 11.8 Å². The maximum atomic E-state index is 13.7. The number of amides is 1. The summed E-state index contributed by atoms with van der Waals surface area (Å²) in [5, 5.41) is 4.02. The second-order valence-electron chi connectivity index (χ2n) is 10.2. The summed E-state index contributed by atoms with van der Waals surface area (Å²) in [6.45, 7) is 8.44. The number of allylic oxidation sites excluding steroid dienone is 1. The van der Waals surface area contributed by atoms with E-state index in [4.69, 9.17) is 15.5 Å². The number of nitrogen functional groups attached to an aromatic ring is 1. The van der Waals surface area contributed by atoms with Crippen LogP contribution < -0.4 is 16.6 Å². The molecule has 0 bridgehead atoms. The number of morpholine rings is 1.